The van der Waals surface area contributed by atoms with Crippen molar-refractivity contribution in [1.82, 2.24) is 9.88 Å². The van der Waals surface area contributed by atoms with Crippen LogP contribution in [0.15, 0.2) is 28.7 Å². The fraction of sp³-hybridized carbons (Fsp3) is 0.333. The molecule has 2 N–H and O–H groups in total. The number of nitrogens with zero attached hydrogens (tertiary/aromatic N) is 1. The van der Waals surface area contributed by atoms with Gasteiger partial charge in [-0.25, -0.2) is 0 Å². The molecule has 1 aliphatic rings. The van der Waals surface area contributed by atoms with Gasteiger partial charge in [-0.3, -0.25) is 9.59 Å². The second kappa shape index (κ2) is 5.52. The maximum Gasteiger partial charge on any atom is 0.305 e. The van der Waals surface area contributed by atoms with E-state index in [1.165, 1.54) is 0 Å². The van der Waals surface area contributed by atoms with Gasteiger partial charge in [0.1, 0.15) is 5.69 Å². The quantitative estimate of drug-likeness (QED) is 0.893. The smallest absolute Gasteiger partial charge is 0.305 e. The molecular formula is C15H15BrN2O3. The maximum absolute atomic E-state index is 12.6. The fourth-order valence-corrected chi connectivity index (χ4v) is 3.25. The summed E-state index contributed by atoms with van der Waals surface area (Å²) in [5.41, 5.74) is 1.40. The Labute approximate surface area is 130 Å². The number of benzene rings is 1. The minimum atomic E-state index is -0.861. The first-order chi connectivity index (χ1) is 10.0. The van der Waals surface area contributed by atoms with Crippen molar-refractivity contribution in [3.05, 3.63) is 34.4 Å². The number of hydrogen-bond donors (Lipinski definition) is 2. The fourth-order valence-electron chi connectivity index (χ4n) is 2.89. The van der Waals surface area contributed by atoms with E-state index in [0.717, 1.165) is 28.2 Å². The highest BCUT2D eigenvalue weighted by Gasteiger charge is 2.31. The largest absolute Gasteiger partial charge is 0.481 e. The van der Waals surface area contributed by atoms with E-state index < -0.39 is 5.97 Å². The van der Waals surface area contributed by atoms with Crippen molar-refractivity contribution in [2.45, 2.75) is 25.3 Å². The number of nitrogens with one attached hydrogen (secondary N) is 1. The Morgan fingerprint density at radius 2 is 2.19 bits per heavy atom. The number of halogens is 1. The predicted molar refractivity (Wildman–Crippen MR) is 82.3 cm³/mol. The van der Waals surface area contributed by atoms with Gasteiger partial charge in [0.25, 0.3) is 5.91 Å². The van der Waals surface area contributed by atoms with Crippen LogP contribution in [0.1, 0.15) is 29.8 Å². The molecule has 0 radical (unpaired) electrons. The van der Waals surface area contributed by atoms with Gasteiger partial charge < -0.3 is 15.0 Å². The van der Waals surface area contributed by atoms with Crippen molar-refractivity contribution in [2.24, 2.45) is 0 Å². The van der Waals surface area contributed by atoms with E-state index in [1.54, 1.807) is 4.90 Å². The van der Waals surface area contributed by atoms with Gasteiger partial charge in [0.15, 0.2) is 0 Å². The third kappa shape index (κ3) is 2.81. The van der Waals surface area contributed by atoms with E-state index >= 15 is 0 Å². The number of carbonyl (C=O) groups excluding carboxylic acids is 1. The van der Waals surface area contributed by atoms with Gasteiger partial charge in [0, 0.05) is 28.0 Å². The summed E-state index contributed by atoms with van der Waals surface area (Å²) in [4.78, 5) is 28.3. The van der Waals surface area contributed by atoms with Crippen LogP contribution < -0.4 is 0 Å². The van der Waals surface area contributed by atoms with E-state index in [9.17, 15) is 9.59 Å². The highest BCUT2D eigenvalue weighted by molar-refractivity contribution is 9.10. The zero-order valence-corrected chi connectivity index (χ0v) is 12.9. The lowest BCUT2D eigenvalue weighted by atomic mass is 10.1. The third-order valence-corrected chi connectivity index (χ3v) is 4.36. The molecule has 0 saturated carbocycles. The van der Waals surface area contributed by atoms with Gasteiger partial charge in [-0.15, -0.1) is 0 Å². The minimum Gasteiger partial charge on any atom is -0.481 e. The molecule has 1 aromatic heterocycles. The van der Waals surface area contributed by atoms with E-state index in [0.29, 0.717) is 12.2 Å². The van der Waals surface area contributed by atoms with Gasteiger partial charge in [-0.1, -0.05) is 22.0 Å². The Kier molecular flexibility index (Phi) is 3.71. The molecule has 0 spiro atoms. The molecule has 2 aromatic rings. The topological polar surface area (TPSA) is 73.4 Å². The summed E-state index contributed by atoms with van der Waals surface area (Å²) >= 11 is 3.40. The van der Waals surface area contributed by atoms with Crippen molar-refractivity contribution in [2.75, 3.05) is 6.54 Å². The van der Waals surface area contributed by atoms with Crippen LogP contribution in [0.3, 0.4) is 0 Å². The van der Waals surface area contributed by atoms with Gasteiger partial charge in [-0.2, -0.15) is 0 Å². The Hall–Kier alpha value is -1.82. The molecule has 110 valence electrons. The molecule has 1 fully saturated rings. The standard InChI is InChI=1S/C15H15BrN2O3/c16-10-4-3-9-6-13(17-12(9)7-10)15(21)18-5-1-2-11(18)8-14(19)20/h3-4,6-7,11,17H,1-2,5,8H2,(H,19,20). The van der Waals surface area contributed by atoms with Crippen molar-refractivity contribution >= 4 is 38.7 Å². The minimum absolute atomic E-state index is 0.0114. The SMILES string of the molecule is O=C(O)CC1CCCN1C(=O)c1cc2ccc(Br)cc2[nH]1. The molecule has 6 heteroatoms. The second-order valence-electron chi connectivity index (χ2n) is 5.31. The number of likely N-dealkylation sites (tertiary alicyclic amines) is 1. The molecule has 1 amide bonds. The van der Waals surface area contributed by atoms with E-state index in [1.807, 2.05) is 24.3 Å². The molecule has 5 nitrogen and oxygen atoms in total. The molecular weight excluding hydrogens is 336 g/mol. The summed E-state index contributed by atoms with van der Waals surface area (Å²) in [5.74, 6) is -0.980. The number of aliphatic carboxylic acids is 1. The number of H-pyrrole nitrogens is 1. The number of carboxylic acids is 1. The number of rotatable bonds is 3. The van der Waals surface area contributed by atoms with Crippen LogP contribution in [-0.2, 0) is 4.79 Å². The van der Waals surface area contributed by atoms with Crippen LogP contribution >= 0.6 is 15.9 Å². The first-order valence-electron chi connectivity index (χ1n) is 6.85. The van der Waals surface area contributed by atoms with Crippen LogP contribution in [0.25, 0.3) is 10.9 Å². The molecule has 1 atom stereocenters. The molecule has 3 rings (SSSR count). The lowest BCUT2D eigenvalue weighted by molar-refractivity contribution is -0.137. The number of fused-ring (bicyclic) bond motifs is 1. The predicted octanol–water partition coefficient (Wildman–Crippen LogP) is 3.01. The summed E-state index contributed by atoms with van der Waals surface area (Å²) in [7, 11) is 0. The molecule has 1 aliphatic heterocycles. The lowest BCUT2D eigenvalue weighted by Crippen LogP contribution is -2.37. The van der Waals surface area contributed by atoms with Crippen LogP contribution in [-0.4, -0.2) is 39.5 Å². The summed E-state index contributed by atoms with van der Waals surface area (Å²) in [6.07, 6.45) is 1.62. The number of amides is 1. The van der Waals surface area contributed by atoms with Gasteiger partial charge in [0.05, 0.1) is 6.42 Å². The number of hydrogen-bond acceptors (Lipinski definition) is 2. The Bertz CT molecular complexity index is 710. The van der Waals surface area contributed by atoms with E-state index in [-0.39, 0.29) is 18.4 Å². The summed E-state index contributed by atoms with van der Waals surface area (Å²) < 4.78 is 0.945. The van der Waals surface area contributed by atoms with Crippen molar-refractivity contribution in [3.63, 3.8) is 0 Å². The molecule has 0 bridgehead atoms. The summed E-state index contributed by atoms with van der Waals surface area (Å²) in [6, 6.07) is 7.40. The third-order valence-electron chi connectivity index (χ3n) is 3.86. The average molecular weight is 351 g/mol. The van der Waals surface area contributed by atoms with Crippen LogP contribution in [0.5, 0.6) is 0 Å². The summed E-state index contributed by atoms with van der Waals surface area (Å²) in [5, 5.41) is 9.91. The Morgan fingerprint density at radius 1 is 1.38 bits per heavy atom. The Morgan fingerprint density at radius 3 is 2.95 bits per heavy atom. The Balaban J connectivity index is 1.87. The first-order valence-corrected chi connectivity index (χ1v) is 7.65. The monoisotopic (exact) mass is 350 g/mol. The van der Waals surface area contributed by atoms with E-state index in [4.69, 9.17) is 5.11 Å². The zero-order valence-electron chi connectivity index (χ0n) is 11.3. The molecule has 1 saturated heterocycles. The molecule has 1 unspecified atom stereocenters. The van der Waals surface area contributed by atoms with Gasteiger partial charge in [0.2, 0.25) is 0 Å². The maximum atomic E-state index is 12.6. The van der Waals surface area contributed by atoms with E-state index in [2.05, 4.69) is 20.9 Å². The van der Waals surface area contributed by atoms with Crippen LogP contribution in [0, 0.1) is 0 Å². The van der Waals surface area contributed by atoms with Gasteiger partial charge >= 0.3 is 5.97 Å². The average Bonchev–Trinajstić information content (AvgIpc) is 3.03. The first kappa shape index (κ1) is 14.1. The van der Waals surface area contributed by atoms with Crippen molar-refractivity contribution in [1.29, 1.82) is 0 Å². The number of carboxylic acid groups (broad SMARTS) is 1. The van der Waals surface area contributed by atoms with Crippen molar-refractivity contribution < 1.29 is 14.7 Å². The highest BCUT2D eigenvalue weighted by atomic mass is 79.9. The molecule has 2 heterocycles. The highest BCUT2D eigenvalue weighted by Crippen LogP contribution is 2.25. The number of carbonyl (C=O) groups is 2. The van der Waals surface area contributed by atoms with Crippen LogP contribution in [0.2, 0.25) is 0 Å². The van der Waals surface area contributed by atoms with Crippen LogP contribution in [0.4, 0.5) is 0 Å². The molecule has 0 aliphatic carbocycles. The second-order valence-corrected chi connectivity index (χ2v) is 6.22. The normalized spacial score (nSPS) is 18.3. The number of aromatic nitrogens is 1. The molecule has 1 aromatic carbocycles. The summed E-state index contributed by atoms with van der Waals surface area (Å²) in [6.45, 7) is 0.621. The molecule has 21 heavy (non-hydrogen) atoms. The lowest BCUT2D eigenvalue weighted by Gasteiger charge is -2.22. The number of aromatic amines is 1. The van der Waals surface area contributed by atoms with Gasteiger partial charge in [-0.05, 0) is 31.0 Å². The zero-order chi connectivity index (χ0) is 15.0. The van der Waals surface area contributed by atoms with Crippen molar-refractivity contribution in [3.8, 4) is 0 Å².